The molecule has 6 heteroatoms. The van der Waals surface area contributed by atoms with Crippen LogP contribution in [0.2, 0.25) is 0 Å². The topological polar surface area (TPSA) is 66.0 Å². The fraction of sp³-hybridized carbons (Fsp3) is 0.348. The number of hydrogen-bond acceptors (Lipinski definition) is 5. The largest absolute Gasteiger partial charge is 0.497 e. The summed E-state index contributed by atoms with van der Waals surface area (Å²) in [5, 5.41) is 2.96. The van der Waals surface area contributed by atoms with Gasteiger partial charge >= 0.3 is 0 Å². The lowest BCUT2D eigenvalue weighted by atomic mass is 10.1. The first kappa shape index (κ1) is 22.1. The Bertz CT molecular complexity index is 847. The highest BCUT2D eigenvalue weighted by molar-refractivity contribution is 5.92. The van der Waals surface area contributed by atoms with Crippen LogP contribution >= 0.6 is 0 Å². The quantitative estimate of drug-likeness (QED) is 0.600. The van der Waals surface area contributed by atoms with Crippen molar-refractivity contribution in [3.63, 3.8) is 0 Å². The van der Waals surface area contributed by atoms with Crippen molar-refractivity contribution < 1.29 is 23.7 Å². The Labute approximate surface area is 172 Å². The van der Waals surface area contributed by atoms with E-state index < -0.39 is 0 Å². The van der Waals surface area contributed by atoms with Gasteiger partial charge in [0, 0.05) is 11.6 Å². The number of carbonyl (C=O) groups excluding carboxylic acids is 1. The van der Waals surface area contributed by atoms with Crippen molar-refractivity contribution in [1.82, 2.24) is 5.32 Å². The second-order valence-electron chi connectivity index (χ2n) is 6.24. The van der Waals surface area contributed by atoms with E-state index in [4.69, 9.17) is 18.9 Å². The number of amides is 1. The van der Waals surface area contributed by atoms with Gasteiger partial charge in [-0.15, -0.1) is 0 Å². The van der Waals surface area contributed by atoms with Crippen molar-refractivity contribution in [2.75, 3.05) is 27.4 Å². The fourth-order valence-electron chi connectivity index (χ4n) is 2.82. The molecule has 0 bridgehead atoms. The summed E-state index contributed by atoms with van der Waals surface area (Å²) in [6, 6.07) is 10.9. The molecule has 6 nitrogen and oxygen atoms in total. The maximum absolute atomic E-state index is 12.4. The van der Waals surface area contributed by atoms with Gasteiger partial charge in [0.15, 0.2) is 11.5 Å². The highest BCUT2D eigenvalue weighted by Crippen LogP contribution is 2.31. The van der Waals surface area contributed by atoms with E-state index in [2.05, 4.69) is 5.32 Å². The monoisotopic (exact) mass is 399 g/mol. The van der Waals surface area contributed by atoms with Gasteiger partial charge in [0.2, 0.25) is 5.91 Å². The molecule has 0 saturated carbocycles. The minimum absolute atomic E-state index is 0.200. The summed E-state index contributed by atoms with van der Waals surface area (Å²) >= 11 is 0. The molecule has 0 heterocycles. The van der Waals surface area contributed by atoms with Crippen LogP contribution in [0.4, 0.5) is 0 Å². The number of rotatable bonds is 10. The van der Waals surface area contributed by atoms with Gasteiger partial charge in [0.25, 0.3) is 0 Å². The van der Waals surface area contributed by atoms with E-state index in [1.165, 1.54) is 6.08 Å². The molecule has 2 aromatic carbocycles. The van der Waals surface area contributed by atoms with Crippen molar-refractivity contribution >= 4 is 12.0 Å². The van der Waals surface area contributed by atoms with E-state index in [9.17, 15) is 4.79 Å². The molecule has 0 saturated heterocycles. The van der Waals surface area contributed by atoms with Gasteiger partial charge in [-0.25, -0.2) is 0 Å². The molecule has 0 spiro atoms. The number of carbonyl (C=O) groups is 1. The predicted molar refractivity (Wildman–Crippen MR) is 114 cm³/mol. The molecular formula is C23H29NO5. The van der Waals surface area contributed by atoms with E-state index in [0.717, 1.165) is 11.1 Å². The highest BCUT2D eigenvalue weighted by atomic mass is 16.5. The first-order chi connectivity index (χ1) is 14.0. The minimum atomic E-state index is -0.214. The smallest absolute Gasteiger partial charge is 0.244 e. The van der Waals surface area contributed by atoms with Gasteiger partial charge < -0.3 is 24.3 Å². The lowest BCUT2D eigenvalue weighted by Crippen LogP contribution is -2.24. The van der Waals surface area contributed by atoms with Crippen molar-refractivity contribution in [2.24, 2.45) is 0 Å². The second kappa shape index (κ2) is 11.0. The van der Waals surface area contributed by atoms with Gasteiger partial charge in [-0.1, -0.05) is 6.07 Å². The van der Waals surface area contributed by atoms with Crippen LogP contribution < -0.4 is 24.3 Å². The Hall–Kier alpha value is -3.15. The molecule has 156 valence electrons. The van der Waals surface area contributed by atoms with E-state index >= 15 is 0 Å². The van der Waals surface area contributed by atoms with Crippen LogP contribution in [0.5, 0.6) is 23.0 Å². The van der Waals surface area contributed by atoms with E-state index in [0.29, 0.717) is 36.2 Å². The van der Waals surface area contributed by atoms with Gasteiger partial charge in [0.05, 0.1) is 33.5 Å². The van der Waals surface area contributed by atoms with Crippen LogP contribution in [0.3, 0.4) is 0 Å². The van der Waals surface area contributed by atoms with E-state index in [1.54, 1.807) is 32.4 Å². The zero-order chi connectivity index (χ0) is 21.2. The van der Waals surface area contributed by atoms with Crippen LogP contribution in [0.15, 0.2) is 42.5 Å². The van der Waals surface area contributed by atoms with Crippen LogP contribution in [0.25, 0.3) is 6.08 Å². The summed E-state index contributed by atoms with van der Waals surface area (Å²) in [6.45, 7) is 6.87. The standard InChI is InChI=1S/C23H29NO5/c1-6-28-21-11-8-17(15-22(21)29-7-2)16(3)24-23(25)13-9-18-14-19(26-4)10-12-20(18)27-5/h8-16H,6-7H2,1-5H3,(H,24,25)/b13-9+/t16-/m0/s1. The Morgan fingerprint density at radius 2 is 1.66 bits per heavy atom. The molecule has 0 aliphatic heterocycles. The molecular weight excluding hydrogens is 370 g/mol. The van der Waals surface area contributed by atoms with Crippen LogP contribution in [0, 0.1) is 0 Å². The molecule has 0 radical (unpaired) electrons. The van der Waals surface area contributed by atoms with Crippen molar-refractivity contribution in [2.45, 2.75) is 26.8 Å². The third-order valence-corrected chi connectivity index (χ3v) is 4.28. The molecule has 0 aromatic heterocycles. The van der Waals surface area contributed by atoms with Crippen LogP contribution in [-0.4, -0.2) is 33.3 Å². The first-order valence-electron chi connectivity index (χ1n) is 9.62. The van der Waals surface area contributed by atoms with Crippen LogP contribution in [0.1, 0.15) is 37.9 Å². The summed E-state index contributed by atoms with van der Waals surface area (Å²) in [5.41, 5.74) is 1.69. The SMILES string of the molecule is CCOc1ccc([C@H](C)NC(=O)/C=C/c2cc(OC)ccc2OC)cc1OCC. The van der Waals surface area contributed by atoms with Gasteiger partial charge in [-0.2, -0.15) is 0 Å². The Kier molecular flexibility index (Phi) is 8.40. The molecule has 0 unspecified atom stereocenters. The summed E-state index contributed by atoms with van der Waals surface area (Å²) in [4.78, 5) is 12.4. The normalized spacial score (nSPS) is 11.8. The number of ether oxygens (including phenoxy) is 4. The first-order valence-corrected chi connectivity index (χ1v) is 9.62. The lowest BCUT2D eigenvalue weighted by molar-refractivity contribution is -0.117. The fourth-order valence-corrected chi connectivity index (χ4v) is 2.82. The minimum Gasteiger partial charge on any atom is -0.497 e. The summed E-state index contributed by atoms with van der Waals surface area (Å²) in [5.74, 6) is 2.51. The van der Waals surface area contributed by atoms with Gasteiger partial charge in [0.1, 0.15) is 11.5 Å². The summed E-state index contributed by atoms with van der Waals surface area (Å²) < 4.78 is 21.8. The average molecular weight is 399 g/mol. The highest BCUT2D eigenvalue weighted by Gasteiger charge is 2.12. The van der Waals surface area contributed by atoms with E-state index in [1.807, 2.05) is 45.0 Å². The average Bonchev–Trinajstić information content (AvgIpc) is 2.73. The third-order valence-electron chi connectivity index (χ3n) is 4.28. The predicted octanol–water partition coefficient (Wildman–Crippen LogP) is 4.39. The Morgan fingerprint density at radius 3 is 2.31 bits per heavy atom. The van der Waals surface area contributed by atoms with Crippen molar-refractivity contribution in [1.29, 1.82) is 0 Å². The number of benzene rings is 2. The Balaban J connectivity index is 2.11. The number of nitrogens with one attached hydrogen (secondary N) is 1. The maximum atomic E-state index is 12.4. The molecule has 29 heavy (non-hydrogen) atoms. The van der Waals surface area contributed by atoms with Crippen molar-refractivity contribution in [3.05, 3.63) is 53.6 Å². The van der Waals surface area contributed by atoms with E-state index in [-0.39, 0.29) is 11.9 Å². The molecule has 0 fully saturated rings. The molecule has 0 aliphatic rings. The van der Waals surface area contributed by atoms with Crippen molar-refractivity contribution in [3.8, 4) is 23.0 Å². The van der Waals surface area contributed by atoms with Gasteiger partial charge in [-0.05, 0) is 62.7 Å². The second-order valence-corrected chi connectivity index (χ2v) is 6.24. The van der Waals surface area contributed by atoms with Gasteiger partial charge in [-0.3, -0.25) is 4.79 Å². The third kappa shape index (κ3) is 6.17. The lowest BCUT2D eigenvalue weighted by Gasteiger charge is -2.17. The summed E-state index contributed by atoms with van der Waals surface area (Å²) in [7, 11) is 3.18. The molecule has 1 amide bonds. The number of methoxy groups -OCH3 is 2. The number of hydrogen-bond donors (Lipinski definition) is 1. The molecule has 2 aromatic rings. The summed E-state index contributed by atoms with van der Waals surface area (Å²) in [6.07, 6.45) is 3.18. The molecule has 1 N–H and O–H groups in total. The zero-order valence-corrected chi connectivity index (χ0v) is 17.7. The molecule has 0 aliphatic carbocycles. The molecule has 2 rings (SSSR count). The zero-order valence-electron chi connectivity index (χ0n) is 17.7. The Morgan fingerprint density at radius 1 is 0.966 bits per heavy atom. The maximum Gasteiger partial charge on any atom is 0.244 e. The van der Waals surface area contributed by atoms with Crippen LogP contribution in [-0.2, 0) is 4.79 Å². The molecule has 1 atom stereocenters.